The first-order valence-electron chi connectivity index (χ1n) is 7.20. The van der Waals surface area contributed by atoms with Gasteiger partial charge in [0.2, 0.25) is 0 Å². The van der Waals surface area contributed by atoms with Gasteiger partial charge in [-0.1, -0.05) is 11.6 Å². The molecule has 3 rings (SSSR count). The normalized spacial score (nSPS) is 10.9. The zero-order chi connectivity index (χ0) is 17.4. The predicted octanol–water partition coefficient (Wildman–Crippen LogP) is 4.00. The fourth-order valence-electron chi connectivity index (χ4n) is 2.52. The first kappa shape index (κ1) is 16.3. The van der Waals surface area contributed by atoms with Crippen LogP contribution in [-0.4, -0.2) is 22.4 Å². The summed E-state index contributed by atoms with van der Waals surface area (Å²) in [5, 5.41) is 3.32. The smallest absolute Gasteiger partial charge is 0.274 e. The average molecular weight is 348 g/mol. The number of rotatable bonds is 3. The lowest BCUT2D eigenvalue weighted by molar-refractivity contribution is 0.102. The fourth-order valence-corrected chi connectivity index (χ4v) is 2.67. The highest BCUT2D eigenvalue weighted by molar-refractivity contribution is 6.31. The second-order valence-corrected chi connectivity index (χ2v) is 5.78. The van der Waals surface area contributed by atoms with Crippen LogP contribution < -0.4 is 10.1 Å². The second kappa shape index (κ2) is 6.13. The van der Waals surface area contributed by atoms with Crippen LogP contribution in [0, 0.1) is 19.7 Å². The van der Waals surface area contributed by atoms with Crippen molar-refractivity contribution >= 4 is 28.8 Å². The third-order valence-corrected chi connectivity index (χ3v) is 4.11. The number of carbonyl (C=O) groups excluding carboxylic acids is 1. The first-order valence-corrected chi connectivity index (χ1v) is 7.58. The van der Waals surface area contributed by atoms with E-state index in [4.69, 9.17) is 16.3 Å². The van der Waals surface area contributed by atoms with E-state index in [1.807, 2.05) is 6.92 Å². The minimum Gasteiger partial charge on any atom is -0.495 e. The molecule has 7 heteroatoms. The number of aromatic nitrogens is 2. The van der Waals surface area contributed by atoms with Gasteiger partial charge in [0.05, 0.1) is 18.5 Å². The number of nitrogens with one attached hydrogen (secondary N) is 1. The van der Waals surface area contributed by atoms with Gasteiger partial charge in [-0.25, -0.2) is 9.37 Å². The molecule has 2 aromatic heterocycles. The number of nitrogens with zero attached hydrogens (tertiary/aromatic N) is 2. The summed E-state index contributed by atoms with van der Waals surface area (Å²) in [5.74, 6) is -0.420. The molecule has 0 bridgehead atoms. The van der Waals surface area contributed by atoms with Gasteiger partial charge in [0.1, 0.15) is 22.9 Å². The fraction of sp³-hybridized carbons (Fsp3) is 0.176. The zero-order valence-corrected chi connectivity index (χ0v) is 14.1. The lowest BCUT2D eigenvalue weighted by Crippen LogP contribution is -2.16. The molecule has 0 fully saturated rings. The number of anilines is 1. The van der Waals surface area contributed by atoms with Gasteiger partial charge in [0.15, 0.2) is 0 Å². The topological polar surface area (TPSA) is 55.6 Å². The Morgan fingerprint density at radius 2 is 2.08 bits per heavy atom. The molecule has 0 unspecified atom stereocenters. The van der Waals surface area contributed by atoms with Crippen molar-refractivity contribution < 1.29 is 13.9 Å². The molecule has 3 aromatic rings. The third kappa shape index (κ3) is 2.80. The average Bonchev–Trinajstić information content (AvgIpc) is 2.85. The molecule has 0 aliphatic rings. The van der Waals surface area contributed by atoms with Crippen LogP contribution in [0.3, 0.4) is 0 Å². The third-order valence-electron chi connectivity index (χ3n) is 3.70. The van der Waals surface area contributed by atoms with Gasteiger partial charge in [0, 0.05) is 17.3 Å². The van der Waals surface area contributed by atoms with Gasteiger partial charge < -0.3 is 10.1 Å². The summed E-state index contributed by atoms with van der Waals surface area (Å²) in [7, 11) is 1.49. The van der Waals surface area contributed by atoms with E-state index in [-0.39, 0.29) is 5.69 Å². The molecule has 1 aromatic carbocycles. The van der Waals surface area contributed by atoms with Crippen LogP contribution in [0.15, 0.2) is 30.5 Å². The molecule has 0 aliphatic carbocycles. The highest BCUT2D eigenvalue weighted by Gasteiger charge is 2.19. The minimum absolute atomic E-state index is 0.263. The molecule has 0 saturated heterocycles. The highest BCUT2D eigenvalue weighted by Crippen LogP contribution is 2.31. The summed E-state index contributed by atoms with van der Waals surface area (Å²) in [6.45, 7) is 3.52. The Morgan fingerprint density at radius 1 is 1.33 bits per heavy atom. The first-order chi connectivity index (χ1) is 11.4. The van der Waals surface area contributed by atoms with Crippen molar-refractivity contribution in [3.63, 3.8) is 0 Å². The molecule has 0 saturated carbocycles. The second-order valence-electron chi connectivity index (χ2n) is 5.38. The van der Waals surface area contributed by atoms with Gasteiger partial charge >= 0.3 is 0 Å². The van der Waals surface area contributed by atoms with Crippen LogP contribution in [-0.2, 0) is 0 Å². The number of amides is 1. The molecule has 1 amide bonds. The Balaban J connectivity index is 2.04. The number of imidazole rings is 1. The van der Waals surface area contributed by atoms with Crippen molar-refractivity contribution in [1.29, 1.82) is 0 Å². The number of methoxy groups -OCH3 is 1. The molecule has 0 spiro atoms. The van der Waals surface area contributed by atoms with Crippen molar-refractivity contribution in [3.8, 4) is 5.75 Å². The summed E-state index contributed by atoms with van der Waals surface area (Å²) in [4.78, 5) is 17.0. The molecular formula is C17H15ClFN3O2. The maximum Gasteiger partial charge on any atom is 0.274 e. The van der Waals surface area contributed by atoms with E-state index in [2.05, 4.69) is 10.3 Å². The van der Waals surface area contributed by atoms with E-state index in [1.165, 1.54) is 29.8 Å². The van der Waals surface area contributed by atoms with E-state index in [0.29, 0.717) is 27.8 Å². The quantitative estimate of drug-likeness (QED) is 0.779. The number of pyridine rings is 1. The number of halogens is 2. The number of carbonyl (C=O) groups is 1. The molecule has 124 valence electrons. The monoisotopic (exact) mass is 347 g/mol. The lowest BCUT2D eigenvalue weighted by Gasteiger charge is -2.12. The van der Waals surface area contributed by atoms with Crippen molar-refractivity contribution in [2.24, 2.45) is 0 Å². The molecule has 0 atom stereocenters. The van der Waals surface area contributed by atoms with Crippen LogP contribution in [0.4, 0.5) is 10.1 Å². The molecular weight excluding hydrogens is 333 g/mol. The van der Waals surface area contributed by atoms with Gasteiger partial charge in [-0.3, -0.25) is 9.20 Å². The Morgan fingerprint density at radius 3 is 2.79 bits per heavy atom. The highest BCUT2D eigenvalue weighted by atomic mass is 35.5. The summed E-state index contributed by atoms with van der Waals surface area (Å²) < 4.78 is 20.2. The van der Waals surface area contributed by atoms with Crippen molar-refractivity contribution in [2.75, 3.05) is 12.4 Å². The molecule has 1 N–H and O–H groups in total. The van der Waals surface area contributed by atoms with E-state index in [0.717, 1.165) is 5.56 Å². The summed E-state index contributed by atoms with van der Waals surface area (Å²) in [6.07, 6.45) is 1.23. The van der Waals surface area contributed by atoms with E-state index in [9.17, 15) is 9.18 Å². The number of hydrogen-bond donors (Lipinski definition) is 1. The minimum atomic E-state index is -0.450. The standard InChI is InChI=1S/C17H15ClFN3O2/c1-9-6-13(14(24-3)7-12(9)18)21-17(23)16-10(2)20-15-5-4-11(19)8-22(15)16/h4-8H,1-3H3,(H,21,23). The van der Waals surface area contributed by atoms with Gasteiger partial charge in [-0.15, -0.1) is 0 Å². The molecule has 0 radical (unpaired) electrons. The summed E-state index contributed by atoms with van der Waals surface area (Å²) in [6, 6.07) is 6.17. The number of fused-ring (bicyclic) bond motifs is 1. The maximum absolute atomic E-state index is 13.5. The summed E-state index contributed by atoms with van der Waals surface area (Å²) in [5.41, 5.74) is 2.55. The molecule has 0 aliphatic heterocycles. The van der Waals surface area contributed by atoms with Crippen LogP contribution in [0.2, 0.25) is 5.02 Å². The van der Waals surface area contributed by atoms with E-state index < -0.39 is 11.7 Å². The number of benzene rings is 1. The Hall–Kier alpha value is -2.60. The Bertz CT molecular complexity index is 953. The molecule has 5 nitrogen and oxygen atoms in total. The lowest BCUT2D eigenvalue weighted by atomic mass is 10.2. The molecule has 2 heterocycles. The van der Waals surface area contributed by atoms with E-state index >= 15 is 0 Å². The van der Waals surface area contributed by atoms with Gasteiger partial charge in [-0.2, -0.15) is 0 Å². The molecule has 24 heavy (non-hydrogen) atoms. The number of ether oxygens (including phenoxy) is 1. The Kier molecular flexibility index (Phi) is 4.15. The SMILES string of the molecule is COc1cc(Cl)c(C)cc1NC(=O)c1c(C)nc2ccc(F)cn12. The van der Waals surface area contributed by atoms with Crippen LogP contribution in [0.25, 0.3) is 5.65 Å². The predicted molar refractivity (Wildman–Crippen MR) is 90.6 cm³/mol. The number of aryl methyl sites for hydroxylation is 2. The van der Waals surface area contributed by atoms with Crippen molar-refractivity contribution in [3.05, 3.63) is 58.3 Å². The maximum atomic E-state index is 13.5. The van der Waals surface area contributed by atoms with Gasteiger partial charge in [-0.05, 0) is 37.6 Å². The zero-order valence-electron chi connectivity index (χ0n) is 13.4. The van der Waals surface area contributed by atoms with Crippen molar-refractivity contribution in [1.82, 2.24) is 9.38 Å². The summed E-state index contributed by atoms with van der Waals surface area (Å²) >= 11 is 6.07. The van der Waals surface area contributed by atoms with Crippen LogP contribution >= 0.6 is 11.6 Å². The largest absolute Gasteiger partial charge is 0.495 e. The van der Waals surface area contributed by atoms with Crippen LogP contribution in [0.5, 0.6) is 5.75 Å². The Labute approximate surface area is 143 Å². The van der Waals surface area contributed by atoms with E-state index in [1.54, 1.807) is 19.1 Å². The van der Waals surface area contributed by atoms with Crippen LogP contribution in [0.1, 0.15) is 21.7 Å². The van der Waals surface area contributed by atoms with Crippen molar-refractivity contribution in [2.45, 2.75) is 13.8 Å². The van der Waals surface area contributed by atoms with Gasteiger partial charge in [0.25, 0.3) is 5.91 Å². The number of hydrogen-bond acceptors (Lipinski definition) is 3.